The van der Waals surface area contributed by atoms with Gasteiger partial charge in [0.1, 0.15) is 17.8 Å². The normalized spacial score (nSPS) is 26.4. The highest BCUT2D eigenvalue weighted by molar-refractivity contribution is 7.91. The number of H-pyrrole nitrogens is 1. The summed E-state index contributed by atoms with van der Waals surface area (Å²) in [6.07, 6.45) is 6.46. The summed E-state index contributed by atoms with van der Waals surface area (Å²) < 4.78 is 50.1. The van der Waals surface area contributed by atoms with Gasteiger partial charge < -0.3 is 9.88 Å². The smallest absolute Gasteiger partial charge is 0.214 e. The molecule has 11 heteroatoms. The van der Waals surface area contributed by atoms with E-state index in [0.717, 1.165) is 29.7 Å². The minimum Gasteiger partial charge on any atom is -0.356 e. The molecule has 1 saturated heterocycles. The summed E-state index contributed by atoms with van der Waals surface area (Å²) in [4.78, 5) is 13.7. The SMILES string of the molecule is CN(c1ncnc2[nH]ccc12)[C@H]1C[C@@H](CS(=O)(=O)N2CC[C@H](S(C)(=O)=O)C2)C1. The van der Waals surface area contributed by atoms with E-state index in [1.165, 1.54) is 16.9 Å². The van der Waals surface area contributed by atoms with Gasteiger partial charge in [0.25, 0.3) is 0 Å². The predicted octanol–water partition coefficient (Wildman–Crippen LogP) is 0.621. The van der Waals surface area contributed by atoms with Gasteiger partial charge in [-0.1, -0.05) is 0 Å². The van der Waals surface area contributed by atoms with E-state index in [9.17, 15) is 16.8 Å². The maximum absolute atomic E-state index is 12.7. The average molecular weight is 428 g/mol. The number of sulfone groups is 1. The quantitative estimate of drug-likeness (QED) is 0.718. The second-order valence-corrected chi connectivity index (χ2v) is 12.3. The van der Waals surface area contributed by atoms with Crippen LogP contribution >= 0.6 is 0 Å². The molecule has 28 heavy (non-hydrogen) atoms. The molecule has 1 saturated carbocycles. The summed E-state index contributed by atoms with van der Waals surface area (Å²) in [5.41, 5.74) is 0.782. The summed E-state index contributed by atoms with van der Waals surface area (Å²) in [5, 5.41) is 0.369. The van der Waals surface area contributed by atoms with Crippen molar-refractivity contribution in [3.05, 3.63) is 18.6 Å². The lowest BCUT2D eigenvalue weighted by atomic mass is 9.81. The van der Waals surface area contributed by atoms with Gasteiger partial charge in [-0.3, -0.25) is 0 Å². The zero-order valence-electron chi connectivity index (χ0n) is 15.9. The largest absolute Gasteiger partial charge is 0.356 e. The maximum atomic E-state index is 12.7. The molecule has 0 aromatic carbocycles. The van der Waals surface area contributed by atoms with Crippen molar-refractivity contribution < 1.29 is 16.8 Å². The zero-order valence-corrected chi connectivity index (χ0v) is 17.6. The van der Waals surface area contributed by atoms with Gasteiger partial charge in [-0.2, -0.15) is 0 Å². The number of nitrogens with one attached hydrogen (secondary N) is 1. The molecule has 1 atom stereocenters. The van der Waals surface area contributed by atoms with Crippen LogP contribution in [0.2, 0.25) is 0 Å². The number of fused-ring (bicyclic) bond motifs is 1. The first-order valence-electron chi connectivity index (χ1n) is 9.33. The highest BCUT2D eigenvalue weighted by Gasteiger charge is 2.41. The highest BCUT2D eigenvalue weighted by atomic mass is 32.2. The van der Waals surface area contributed by atoms with Gasteiger partial charge in [0.2, 0.25) is 10.0 Å². The summed E-state index contributed by atoms with van der Waals surface area (Å²) in [6, 6.07) is 2.17. The number of rotatable bonds is 6. The number of hydrogen-bond donors (Lipinski definition) is 1. The number of sulfonamides is 1. The van der Waals surface area contributed by atoms with Crippen molar-refractivity contribution in [2.75, 3.05) is 37.0 Å². The molecule has 2 aromatic heterocycles. The van der Waals surface area contributed by atoms with Gasteiger partial charge in [-0.15, -0.1) is 0 Å². The maximum Gasteiger partial charge on any atom is 0.214 e. The van der Waals surface area contributed by atoms with Gasteiger partial charge in [0.15, 0.2) is 9.84 Å². The van der Waals surface area contributed by atoms with Crippen LogP contribution in [0.4, 0.5) is 5.82 Å². The molecule has 9 nitrogen and oxygen atoms in total. The predicted molar refractivity (Wildman–Crippen MR) is 107 cm³/mol. The molecule has 1 aliphatic heterocycles. The van der Waals surface area contributed by atoms with E-state index in [0.29, 0.717) is 13.0 Å². The van der Waals surface area contributed by atoms with Crippen molar-refractivity contribution in [3.63, 3.8) is 0 Å². The van der Waals surface area contributed by atoms with E-state index in [1.807, 2.05) is 19.3 Å². The first-order valence-corrected chi connectivity index (χ1v) is 12.9. The molecule has 0 spiro atoms. The Labute approximate surface area is 165 Å². The molecule has 1 aliphatic carbocycles. The third-order valence-electron chi connectivity index (χ3n) is 5.98. The lowest BCUT2D eigenvalue weighted by Crippen LogP contribution is -2.47. The Bertz CT molecular complexity index is 1080. The highest BCUT2D eigenvalue weighted by Crippen LogP contribution is 2.36. The Morgan fingerprint density at radius 1 is 1.25 bits per heavy atom. The summed E-state index contributed by atoms with van der Waals surface area (Å²) in [7, 11) is -4.67. The number of aromatic nitrogens is 3. The Morgan fingerprint density at radius 3 is 2.68 bits per heavy atom. The van der Waals surface area contributed by atoms with Gasteiger partial charge in [-0.05, 0) is 31.2 Å². The van der Waals surface area contributed by atoms with E-state index in [4.69, 9.17) is 0 Å². The van der Waals surface area contributed by atoms with Crippen LogP contribution in [0.25, 0.3) is 11.0 Å². The molecule has 0 amide bonds. The lowest BCUT2D eigenvalue weighted by Gasteiger charge is -2.42. The van der Waals surface area contributed by atoms with Crippen LogP contribution in [0.15, 0.2) is 18.6 Å². The number of anilines is 1. The third kappa shape index (κ3) is 3.62. The topological polar surface area (TPSA) is 116 Å². The Morgan fingerprint density at radius 2 is 2.00 bits per heavy atom. The van der Waals surface area contributed by atoms with Gasteiger partial charge in [-0.25, -0.2) is 31.1 Å². The summed E-state index contributed by atoms with van der Waals surface area (Å²) in [6.45, 7) is 0.381. The monoisotopic (exact) mass is 427 g/mol. The molecule has 4 rings (SSSR count). The Kier molecular flexibility index (Phi) is 4.87. The average Bonchev–Trinajstić information content (AvgIpc) is 3.25. The fraction of sp³-hybridized carbons (Fsp3) is 0.647. The van der Waals surface area contributed by atoms with Crippen LogP contribution < -0.4 is 4.90 Å². The molecule has 2 aromatic rings. The summed E-state index contributed by atoms with van der Waals surface area (Å²) in [5.74, 6) is 1.00. The molecule has 0 radical (unpaired) electrons. The number of nitrogens with zero attached hydrogens (tertiary/aromatic N) is 4. The van der Waals surface area contributed by atoms with E-state index < -0.39 is 25.1 Å². The molecule has 3 heterocycles. The first-order chi connectivity index (χ1) is 13.1. The molecule has 1 N–H and O–H groups in total. The lowest BCUT2D eigenvalue weighted by molar-refractivity contribution is 0.279. The van der Waals surface area contributed by atoms with Crippen LogP contribution in [0.5, 0.6) is 0 Å². The zero-order chi connectivity index (χ0) is 20.1. The fourth-order valence-corrected chi connectivity index (χ4v) is 7.12. The van der Waals surface area contributed by atoms with Crippen molar-refractivity contribution in [2.45, 2.75) is 30.6 Å². The minimum absolute atomic E-state index is 0.0805. The fourth-order valence-electron chi connectivity index (χ4n) is 4.17. The molecule has 2 aliphatic rings. The molecule has 2 fully saturated rings. The third-order valence-corrected chi connectivity index (χ3v) is 9.59. The summed E-state index contributed by atoms with van der Waals surface area (Å²) >= 11 is 0. The van der Waals surface area contributed by atoms with Crippen molar-refractivity contribution in [3.8, 4) is 0 Å². The second-order valence-electron chi connectivity index (χ2n) is 7.92. The van der Waals surface area contributed by atoms with Crippen LogP contribution in [0.1, 0.15) is 19.3 Å². The van der Waals surface area contributed by atoms with Crippen LogP contribution in [-0.2, 0) is 19.9 Å². The molecular formula is C17H25N5O4S2. The van der Waals surface area contributed by atoms with E-state index in [1.54, 1.807) is 0 Å². The van der Waals surface area contributed by atoms with Gasteiger partial charge >= 0.3 is 0 Å². The van der Waals surface area contributed by atoms with Crippen LogP contribution in [0, 0.1) is 5.92 Å². The standard InChI is InChI=1S/C17H25N5O4S2/c1-21(17-15-3-5-18-16(15)19-11-20-17)13-7-12(8-13)10-28(25,26)22-6-4-14(9-22)27(2,23)24/h3,5,11-14H,4,6-10H2,1-2H3,(H,18,19,20)/t12-,13+,14-/m0/s1. The van der Waals surface area contributed by atoms with Crippen molar-refractivity contribution in [1.82, 2.24) is 19.3 Å². The van der Waals surface area contributed by atoms with Crippen molar-refractivity contribution >= 4 is 36.7 Å². The van der Waals surface area contributed by atoms with Crippen LogP contribution in [0.3, 0.4) is 0 Å². The molecule has 0 bridgehead atoms. The second kappa shape index (κ2) is 6.96. The van der Waals surface area contributed by atoms with Crippen LogP contribution in [-0.4, -0.2) is 79.5 Å². The Hall–Kier alpha value is -1.72. The van der Waals surface area contributed by atoms with E-state index in [2.05, 4.69) is 19.9 Å². The van der Waals surface area contributed by atoms with E-state index >= 15 is 0 Å². The molecule has 154 valence electrons. The van der Waals surface area contributed by atoms with Crippen molar-refractivity contribution in [1.29, 1.82) is 0 Å². The van der Waals surface area contributed by atoms with Gasteiger partial charge in [0, 0.05) is 38.6 Å². The van der Waals surface area contributed by atoms with Gasteiger partial charge in [0.05, 0.1) is 16.4 Å². The molecular weight excluding hydrogens is 402 g/mol. The number of aromatic amines is 1. The minimum atomic E-state index is -3.43. The Balaban J connectivity index is 1.36. The van der Waals surface area contributed by atoms with Crippen molar-refractivity contribution in [2.24, 2.45) is 5.92 Å². The van der Waals surface area contributed by atoms with E-state index in [-0.39, 0.29) is 24.3 Å². The molecule has 0 unspecified atom stereocenters. The number of hydrogen-bond acceptors (Lipinski definition) is 7. The first kappa shape index (κ1) is 19.6.